The van der Waals surface area contributed by atoms with E-state index in [1.165, 1.54) is 0 Å². The summed E-state index contributed by atoms with van der Waals surface area (Å²) in [5.74, 6) is 0.690. The molecule has 0 bridgehead atoms. The highest BCUT2D eigenvalue weighted by molar-refractivity contribution is 5.39. The molecule has 0 spiro atoms. The van der Waals surface area contributed by atoms with Gasteiger partial charge in [0.1, 0.15) is 5.75 Å². The van der Waals surface area contributed by atoms with Crippen molar-refractivity contribution in [1.82, 2.24) is 0 Å². The van der Waals surface area contributed by atoms with Crippen LogP contribution in [0.5, 0.6) is 5.75 Å². The molecule has 2 atom stereocenters. The number of ether oxygens (including phenoxy) is 1. The molecule has 0 saturated carbocycles. The molecule has 0 aliphatic rings. The van der Waals surface area contributed by atoms with Crippen LogP contribution in [-0.2, 0) is 0 Å². The third kappa shape index (κ3) is 2.25. The first-order chi connectivity index (χ1) is 6.56. The molecule has 0 amide bonds. The molecule has 2 unspecified atom stereocenters. The molecule has 0 aliphatic carbocycles. The molecule has 78 valence electrons. The highest BCUT2D eigenvalue weighted by Crippen LogP contribution is 2.27. The SMILES string of the molecule is COc1cc(C)ccc1C(O)C(C)N. The van der Waals surface area contributed by atoms with Gasteiger partial charge < -0.3 is 15.6 Å². The number of aryl methyl sites for hydroxylation is 1. The van der Waals surface area contributed by atoms with Gasteiger partial charge in [-0.3, -0.25) is 0 Å². The zero-order chi connectivity index (χ0) is 10.7. The van der Waals surface area contributed by atoms with Crippen molar-refractivity contribution in [3.8, 4) is 5.75 Å². The summed E-state index contributed by atoms with van der Waals surface area (Å²) in [7, 11) is 1.59. The third-order valence-electron chi connectivity index (χ3n) is 2.21. The van der Waals surface area contributed by atoms with E-state index >= 15 is 0 Å². The molecule has 0 heterocycles. The van der Waals surface area contributed by atoms with Gasteiger partial charge in [0.15, 0.2) is 0 Å². The van der Waals surface area contributed by atoms with Crippen LogP contribution in [0.25, 0.3) is 0 Å². The number of benzene rings is 1. The van der Waals surface area contributed by atoms with Crippen molar-refractivity contribution in [2.24, 2.45) is 5.73 Å². The summed E-state index contributed by atoms with van der Waals surface area (Å²) in [5, 5.41) is 9.80. The highest BCUT2D eigenvalue weighted by Gasteiger charge is 2.16. The molecule has 0 aliphatic heterocycles. The Kier molecular flexibility index (Phi) is 3.49. The van der Waals surface area contributed by atoms with Gasteiger partial charge >= 0.3 is 0 Å². The minimum Gasteiger partial charge on any atom is -0.496 e. The average Bonchev–Trinajstić information content (AvgIpc) is 2.16. The Bertz CT molecular complexity index is 310. The van der Waals surface area contributed by atoms with E-state index < -0.39 is 6.10 Å². The maximum atomic E-state index is 9.80. The molecule has 1 rings (SSSR count). The third-order valence-corrected chi connectivity index (χ3v) is 2.21. The molecule has 14 heavy (non-hydrogen) atoms. The number of methoxy groups -OCH3 is 1. The summed E-state index contributed by atoms with van der Waals surface area (Å²) >= 11 is 0. The van der Waals surface area contributed by atoms with Crippen molar-refractivity contribution in [3.63, 3.8) is 0 Å². The normalized spacial score (nSPS) is 14.9. The van der Waals surface area contributed by atoms with E-state index in [9.17, 15) is 5.11 Å². The van der Waals surface area contributed by atoms with E-state index in [-0.39, 0.29) is 6.04 Å². The van der Waals surface area contributed by atoms with E-state index in [1.807, 2.05) is 25.1 Å². The molecule has 0 saturated heterocycles. The Morgan fingerprint density at radius 2 is 2.07 bits per heavy atom. The van der Waals surface area contributed by atoms with Crippen molar-refractivity contribution < 1.29 is 9.84 Å². The smallest absolute Gasteiger partial charge is 0.124 e. The molecule has 3 nitrogen and oxygen atoms in total. The summed E-state index contributed by atoms with van der Waals surface area (Å²) in [5.41, 5.74) is 7.47. The maximum Gasteiger partial charge on any atom is 0.124 e. The fraction of sp³-hybridized carbons (Fsp3) is 0.455. The number of aliphatic hydroxyl groups excluding tert-OH is 1. The van der Waals surface area contributed by atoms with E-state index in [2.05, 4.69) is 0 Å². The Morgan fingerprint density at radius 3 is 2.57 bits per heavy atom. The lowest BCUT2D eigenvalue weighted by atomic mass is 10.0. The van der Waals surface area contributed by atoms with Crippen molar-refractivity contribution in [3.05, 3.63) is 29.3 Å². The van der Waals surface area contributed by atoms with Crippen LogP contribution in [0.2, 0.25) is 0 Å². The first kappa shape index (κ1) is 11.0. The largest absolute Gasteiger partial charge is 0.496 e. The van der Waals surface area contributed by atoms with Crippen LogP contribution in [0.4, 0.5) is 0 Å². The Hall–Kier alpha value is -1.06. The van der Waals surface area contributed by atoms with Crippen LogP contribution < -0.4 is 10.5 Å². The molecule has 0 aromatic heterocycles. The monoisotopic (exact) mass is 195 g/mol. The van der Waals surface area contributed by atoms with Gasteiger partial charge in [0.2, 0.25) is 0 Å². The predicted octanol–water partition coefficient (Wildman–Crippen LogP) is 1.38. The topological polar surface area (TPSA) is 55.5 Å². The second kappa shape index (κ2) is 4.44. The van der Waals surface area contributed by atoms with Gasteiger partial charge in [-0.05, 0) is 25.5 Å². The summed E-state index contributed by atoms with van der Waals surface area (Å²) in [4.78, 5) is 0. The molecule has 1 aromatic carbocycles. The predicted molar refractivity (Wildman–Crippen MR) is 56.3 cm³/mol. The van der Waals surface area contributed by atoms with E-state index in [1.54, 1.807) is 14.0 Å². The van der Waals surface area contributed by atoms with Gasteiger partial charge in [0.25, 0.3) is 0 Å². The minimum atomic E-state index is -0.675. The number of hydrogen-bond acceptors (Lipinski definition) is 3. The zero-order valence-electron chi connectivity index (χ0n) is 8.82. The highest BCUT2D eigenvalue weighted by atomic mass is 16.5. The lowest BCUT2D eigenvalue weighted by Gasteiger charge is -2.18. The number of aliphatic hydroxyl groups is 1. The molecule has 0 radical (unpaired) electrons. The van der Waals surface area contributed by atoms with Crippen molar-refractivity contribution in [2.75, 3.05) is 7.11 Å². The number of nitrogens with two attached hydrogens (primary N) is 1. The van der Waals surface area contributed by atoms with E-state index in [0.717, 1.165) is 11.1 Å². The van der Waals surface area contributed by atoms with E-state index in [4.69, 9.17) is 10.5 Å². The lowest BCUT2D eigenvalue weighted by molar-refractivity contribution is 0.149. The number of rotatable bonds is 3. The van der Waals surface area contributed by atoms with Crippen molar-refractivity contribution in [2.45, 2.75) is 26.0 Å². The molecule has 3 N–H and O–H groups in total. The Morgan fingerprint density at radius 1 is 1.43 bits per heavy atom. The first-order valence-electron chi connectivity index (χ1n) is 4.64. The summed E-state index contributed by atoms with van der Waals surface area (Å²) in [6.07, 6.45) is -0.675. The molecule has 0 fully saturated rings. The van der Waals surface area contributed by atoms with Crippen molar-refractivity contribution in [1.29, 1.82) is 0 Å². The van der Waals surface area contributed by atoms with Gasteiger partial charge in [-0.2, -0.15) is 0 Å². The summed E-state index contributed by atoms with van der Waals surface area (Å²) in [6, 6.07) is 5.37. The summed E-state index contributed by atoms with van der Waals surface area (Å²) in [6.45, 7) is 3.74. The van der Waals surface area contributed by atoms with Gasteiger partial charge in [-0.25, -0.2) is 0 Å². The second-order valence-electron chi connectivity index (χ2n) is 3.55. The van der Waals surface area contributed by atoms with Crippen LogP contribution in [0, 0.1) is 6.92 Å². The molecular weight excluding hydrogens is 178 g/mol. The summed E-state index contributed by atoms with van der Waals surface area (Å²) < 4.78 is 5.18. The second-order valence-corrected chi connectivity index (χ2v) is 3.55. The quantitative estimate of drug-likeness (QED) is 0.766. The average molecular weight is 195 g/mol. The molecular formula is C11H17NO2. The molecule has 1 aromatic rings. The number of hydrogen-bond donors (Lipinski definition) is 2. The molecule has 3 heteroatoms. The van der Waals surface area contributed by atoms with E-state index in [0.29, 0.717) is 5.75 Å². The fourth-order valence-electron chi connectivity index (χ4n) is 1.35. The zero-order valence-corrected chi connectivity index (χ0v) is 8.82. The van der Waals surface area contributed by atoms with Crippen LogP contribution in [0.15, 0.2) is 18.2 Å². The first-order valence-corrected chi connectivity index (χ1v) is 4.64. The van der Waals surface area contributed by atoms with Crippen molar-refractivity contribution >= 4 is 0 Å². The minimum absolute atomic E-state index is 0.299. The maximum absolute atomic E-state index is 9.80. The van der Waals surface area contributed by atoms with Crippen LogP contribution in [0.3, 0.4) is 0 Å². The van der Waals surface area contributed by atoms with Gasteiger partial charge in [0.05, 0.1) is 13.2 Å². The Balaban J connectivity index is 3.07. The van der Waals surface area contributed by atoms with Gasteiger partial charge in [-0.1, -0.05) is 12.1 Å². The van der Waals surface area contributed by atoms with Crippen LogP contribution in [-0.4, -0.2) is 18.3 Å². The van der Waals surface area contributed by atoms with Crippen LogP contribution in [0.1, 0.15) is 24.2 Å². The standard InChI is InChI=1S/C11H17NO2/c1-7-4-5-9(10(6-7)14-3)11(13)8(2)12/h4-6,8,11,13H,12H2,1-3H3. The fourth-order valence-corrected chi connectivity index (χ4v) is 1.35. The Labute approximate surface area is 84.5 Å². The van der Waals surface area contributed by atoms with Crippen LogP contribution >= 0.6 is 0 Å². The lowest BCUT2D eigenvalue weighted by Crippen LogP contribution is -2.24. The van der Waals surface area contributed by atoms with Gasteiger partial charge in [-0.15, -0.1) is 0 Å². The van der Waals surface area contributed by atoms with Gasteiger partial charge in [0, 0.05) is 11.6 Å².